The van der Waals surface area contributed by atoms with Crippen molar-refractivity contribution in [1.82, 2.24) is 9.80 Å². The molecule has 1 atom stereocenters. The summed E-state index contributed by atoms with van der Waals surface area (Å²) in [6.07, 6.45) is 7.57. The predicted octanol–water partition coefficient (Wildman–Crippen LogP) is 1.53. The van der Waals surface area contributed by atoms with E-state index in [2.05, 4.69) is 9.80 Å². The van der Waals surface area contributed by atoms with E-state index in [4.69, 9.17) is 14.2 Å². The first kappa shape index (κ1) is 22.5. The summed E-state index contributed by atoms with van der Waals surface area (Å²) >= 11 is 0. The fraction of sp³-hybridized carbons (Fsp3) is 0.957. The van der Waals surface area contributed by atoms with Crippen LogP contribution >= 0.6 is 0 Å². The molecule has 0 aromatic heterocycles. The number of β-amino-alcohol motifs (C(OH)–C–C–N with tert-alkyl or cyclic N) is 1. The monoisotopic (exact) mass is 424 g/mol. The number of carbonyl (C=O) groups is 1. The second-order valence-corrected chi connectivity index (χ2v) is 10.1. The SMILES string of the molecule is CCOC(=O)CN1CCN(C[C@H](O)COCCOC23CC4CC(CC(C4)C2)C3)CC1. The van der Waals surface area contributed by atoms with Crippen molar-refractivity contribution in [2.75, 3.05) is 65.7 Å². The predicted molar refractivity (Wildman–Crippen MR) is 113 cm³/mol. The van der Waals surface area contributed by atoms with E-state index in [1.807, 2.05) is 6.92 Å². The lowest BCUT2D eigenvalue weighted by Gasteiger charge is -2.56. The number of rotatable bonds is 11. The Morgan fingerprint density at radius 1 is 1.00 bits per heavy atom. The van der Waals surface area contributed by atoms with Gasteiger partial charge in [0.1, 0.15) is 0 Å². The van der Waals surface area contributed by atoms with Crippen LogP contribution in [0.5, 0.6) is 0 Å². The van der Waals surface area contributed by atoms with E-state index < -0.39 is 6.10 Å². The normalized spacial score (nSPS) is 34.9. The van der Waals surface area contributed by atoms with Crippen LogP contribution in [0, 0.1) is 17.8 Å². The van der Waals surface area contributed by atoms with Crippen molar-refractivity contribution in [3.05, 3.63) is 0 Å². The molecule has 0 amide bonds. The van der Waals surface area contributed by atoms with E-state index in [9.17, 15) is 9.90 Å². The average Bonchev–Trinajstić information content (AvgIpc) is 2.68. The van der Waals surface area contributed by atoms with Crippen molar-refractivity contribution in [3.63, 3.8) is 0 Å². The minimum atomic E-state index is -0.485. The number of carbonyl (C=O) groups excluding carboxylic acids is 1. The smallest absolute Gasteiger partial charge is 0.320 e. The second kappa shape index (κ2) is 10.3. The lowest BCUT2D eigenvalue weighted by Crippen LogP contribution is -2.52. The lowest BCUT2D eigenvalue weighted by molar-refractivity contribution is -0.170. The Balaban J connectivity index is 1.05. The number of ether oxygens (including phenoxy) is 3. The van der Waals surface area contributed by atoms with Gasteiger partial charge in [-0.15, -0.1) is 0 Å². The molecule has 0 aromatic carbocycles. The molecule has 1 aliphatic heterocycles. The number of aliphatic hydroxyl groups is 1. The van der Waals surface area contributed by atoms with E-state index in [0.717, 1.165) is 43.9 Å². The fourth-order valence-electron chi connectivity index (χ4n) is 6.61. The van der Waals surface area contributed by atoms with Crippen molar-refractivity contribution in [2.24, 2.45) is 17.8 Å². The number of aliphatic hydroxyl groups excluding tert-OH is 1. The zero-order chi connectivity index (χ0) is 21.0. The number of nitrogens with zero attached hydrogens (tertiary/aromatic N) is 2. The average molecular weight is 425 g/mol. The largest absolute Gasteiger partial charge is 0.465 e. The van der Waals surface area contributed by atoms with Gasteiger partial charge in [-0.1, -0.05) is 0 Å². The van der Waals surface area contributed by atoms with E-state index in [1.54, 1.807) is 0 Å². The van der Waals surface area contributed by atoms with Crippen LogP contribution in [-0.2, 0) is 19.0 Å². The maximum absolute atomic E-state index is 11.6. The molecule has 5 rings (SSSR count). The molecule has 0 radical (unpaired) electrons. The molecule has 0 unspecified atom stereocenters. The summed E-state index contributed by atoms with van der Waals surface area (Å²) in [5.41, 5.74) is 0.139. The summed E-state index contributed by atoms with van der Waals surface area (Å²) in [6, 6.07) is 0. The van der Waals surface area contributed by atoms with Gasteiger partial charge in [-0.05, 0) is 63.2 Å². The molecule has 5 fully saturated rings. The molecule has 7 nitrogen and oxygen atoms in total. The van der Waals surface area contributed by atoms with Crippen LogP contribution < -0.4 is 0 Å². The van der Waals surface area contributed by atoms with Crippen LogP contribution in [-0.4, -0.2) is 98.3 Å². The Morgan fingerprint density at radius 3 is 2.20 bits per heavy atom. The van der Waals surface area contributed by atoms with Gasteiger partial charge in [0.15, 0.2) is 0 Å². The van der Waals surface area contributed by atoms with Crippen LogP contribution in [0.1, 0.15) is 45.4 Å². The third-order valence-electron chi connectivity index (χ3n) is 7.52. The molecule has 4 bridgehead atoms. The molecule has 0 aromatic rings. The topological polar surface area (TPSA) is 71.5 Å². The quantitative estimate of drug-likeness (QED) is 0.398. The maximum atomic E-state index is 11.6. The standard InChI is InChI=1S/C23H40N2O5/c1-2-29-22(27)16-25-5-3-24(4-6-25)15-21(26)17-28-7-8-30-23-12-18-9-19(13-23)11-20(10-18)14-23/h18-21,26H,2-17H2,1H3/t18?,19?,20?,21-,23?/m0/s1. The van der Waals surface area contributed by atoms with Crippen molar-refractivity contribution in [2.45, 2.75) is 57.2 Å². The first-order valence-corrected chi connectivity index (χ1v) is 12.0. The molecule has 5 aliphatic rings. The molecular weight excluding hydrogens is 384 g/mol. The zero-order valence-electron chi connectivity index (χ0n) is 18.6. The van der Waals surface area contributed by atoms with Gasteiger partial charge < -0.3 is 19.3 Å². The number of esters is 1. The Bertz CT molecular complexity index is 529. The van der Waals surface area contributed by atoms with E-state index >= 15 is 0 Å². The van der Waals surface area contributed by atoms with Crippen LogP contribution in [0.2, 0.25) is 0 Å². The number of hydrogen-bond acceptors (Lipinski definition) is 7. The third-order valence-corrected chi connectivity index (χ3v) is 7.52. The van der Waals surface area contributed by atoms with Crippen molar-refractivity contribution >= 4 is 5.97 Å². The van der Waals surface area contributed by atoms with Gasteiger partial charge in [0, 0.05) is 32.7 Å². The minimum Gasteiger partial charge on any atom is -0.465 e. The van der Waals surface area contributed by atoms with Gasteiger partial charge in [-0.25, -0.2) is 0 Å². The summed E-state index contributed by atoms with van der Waals surface area (Å²) in [5.74, 6) is 2.54. The Hall–Kier alpha value is -0.730. The maximum Gasteiger partial charge on any atom is 0.320 e. The third kappa shape index (κ3) is 5.94. The van der Waals surface area contributed by atoms with Gasteiger partial charge in [-0.3, -0.25) is 14.6 Å². The van der Waals surface area contributed by atoms with E-state index in [0.29, 0.717) is 39.5 Å². The van der Waals surface area contributed by atoms with Crippen LogP contribution in [0.4, 0.5) is 0 Å². The van der Waals surface area contributed by atoms with Gasteiger partial charge in [0.05, 0.1) is 44.7 Å². The highest BCUT2D eigenvalue weighted by molar-refractivity contribution is 5.71. The van der Waals surface area contributed by atoms with Crippen molar-refractivity contribution < 1.29 is 24.1 Å². The molecule has 1 N–H and O–H groups in total. The highest BCUT2D eigenvalue weighted by Gasteiger charge is 2.51. The number of piperazine rings is 1. The first-order chi connectivity index (χ1) is 14.5. The Morgan fingerprint density at radius 2 is 1.60 bits per heavy atom. The highest BCUT2D eigenvalue weighted by Crippen LogP contribution is 2.57. The highest BCUT2D eigenvalue weighted by atomic mass is 16.5. The van der Waals surface area contributed by atoms with Crippen molar-refractivity contribution in [1.29, 1.82) is 0 Å². The summed E-state index contributed by atoms with van der Waals surface area (Å²) < 4.78 is 17.1. The molecule has 172 valence electrons. The lowest BCUT2D eigenvalue weighted by atomic mass is 9.54. The fourth-order valence-corrected chi connectivity index (χ4v) is 6.61. The molecule has 30 heavy (non-hydrogen) atoms. The summed E-state index contributed by atoms with van der Waals surface area (Å²) in [6.45, 7) is 8.14. The number of hydrogen-bond donors (Lipinski definition) is 1. The van der Waals surface area contributed by atoms with Crippen LogP contribution in [0.3, 0.4) is 0 Å². The zero-order valence-corrected chi connectivity index (χ0v) is 18.6. The second-order valence-electron chi connectivity index (χ2n) is 10.1. The van der Waals surface area contributed by atoms with Gasteiger partial charge in [-0.2, -0.15) is 0 Å². The molecule has 1 saturated heterocycles. The minimum absolute atomic E-state index is 0.139. The Kier molecular flexibility index (Phi) is 7.68. The molecule has 0 spiro atoms. The van der Waals surface area contributed by atoms with Crippen LogP contribution in [0.15, 0.2) is 0 Å². The summed E-state index contributed by atoms with van der Waals surface area (Å²) in [7, 11) is 0. The molecule has 4 saturated carbocycles. The first-order valence-electron chi connectivity index (χ1n) is 12.0. The molecular formula is C23H40N2O5. The van der Waals surface area contributed by atoms with Gasteiger partial charge in [0.2, 0.25) is 0 Å². The van der Waals surface area contributed by atoms with Crippen molar-refractivity contribution in [3.8, 4) is 0 Å². The Labute approximate surface area is 181 Å². The summed E-state index contributed by atoms with van der Waals surface area (Å²) in [4.78, 5) is 15.9. The van der Waals surface area contributed by atoms with Crippen LogP contribution in [0.25, 0.3) is 0 Å². The van der Waals surface area contributed by atoms with E-state index in [1.165, 1.54) is 38.5 Å². The summed E-state index contributed by atoms with van der Waals surface area (Å²) in [5, 5.41) is 10.3. The molecule has 4 aliphatic carbocycles. The van der Waals surface area contributed by atoms with E-state index in [-0.39, 0.29) is 11.6 Å². The molecule has 7 heteroatoms. The van der Waals surface area contributed by atoms with Gasteiger partial charge >= 0.3 is 5.97 Å². The van der Waals surface area contributed by atoms with Gasteiger partial charge in [0.25, 0.3) is 0 Å². The molecule has 1 heterocycles.